The lowest BCUT2D eigenvalue weighted by Gasteiger charge is -2.10. The third kappa shape index (κ3) is 3.40. The number of carbonyl (C=O) groups excluding carboxylic acids is 1. The van der Waals surface area contributed by atoms with Crippen LogP contribution in [0, 0.1) is 13.8 Å². The molecule has 2 heterocycles. The normalized spacial score (nSPS) is 11.3. The molecule has 0 aliphatic rings. The number of hydrogen-bond donors (Lipinski definition) is 1. The third-order valence-electron chi connectivity index (χ3n) is 4.69. The van der Waals surface area contributed by atoms with Crippen molar-refractivity contribution in [1.29, 1.82) is 0 Å². The number of fused-ring (bicyclic) bond motifs is 2. The maximum absolute atomic E-state index is 12.8. The van der Waals surface area contributed by atoms with Crippen LogP contribution in [0.25, 0.3) is 27.9 Å². The number of ether oxygens (including phenoxy) is 2. The lowest BCUT2D eigenvalue weighted by Crippen LogP contribution is -2.12. The van der Waals surface area contributed by atoms with Crippen molar-refractivity contribution in [2.45, 2.75) is 13.8 Å². The Morgan fingerprint density at radius 2 is 1.69 bits per heavy atom. The summed E-state index contributed by atoms with van der Waals surface area (Å²) in [5.41, 5.74) is 12.0. The Morgan fingerprint density at radius 3 is 2.34 bits per heavy atom. The largest absolute Gasteiger partial charge is 0.459 e. The zero-order chi connectivity index (χ0) is 20.5. The molecule has 0 amide bonds. The van der Waals surface area contributed by atoms with Crippen molar-refractivity contribution in [3.63, 3.8) is 0 Å². The molecule has 2 aromatic carbocycles. The molecule has 0 radical (unpaired) electrons. The highest BCUT2D eigenvalue weighted by atomic mass is 16.6. The van der Waals surface area contributed by atoms with E-state index in [0.29, 0.717) is 23.3 Å². The Bertz CT molecular complexity index is 1210. The molecule has 0 bridgehead atoms. The molecule has 2 aromatic heterocycles. The van der Waals surface area contributed by atoms with E-state index >= 15 is 0 Å². The molecule has 0 fully saturated rings. The molecule has 0 atom stereocenters. The van der Waals surface area contributed by atoms with Crippen LogP contribution in [0.15, 0.2) is 42.5 Å². The van der Waals surface area contributed by atoms with Crippen molar-refractivity contribution in [2.75, 3.05) is 26.1 Å². The lowest BCUT2D eigenvalue weighted by molar-refractivity contribution is 0.0391. The monoisotopic (exact) mass is 390 g/mol. The summed E-state index contributed by atoms with van der Waals surface area (Å²) in [4.78, 5) is 22.3. The number of nitrogens with two attached hydrogens (primary N) is 1. The minimum atomic E-state index is -0.544. The smallest absolute Gasteiger partial charge is 0.344 e. The fraction of sp³-hybridized carbons (Fsp3) is 0.227. The van der Waals surface area contributed by atoms with E-state index in [2.05, 4.69) is 11.1 Å². The van der Waals surface area contributed by atoms with Gasteiger partial charge in [-0.1, -0.05) is 18.2 Å². The molecule has 0 unspecified atom stereocenters. The first-order chi connectivity index (χ1) is 14.0. The minimum Gasteiger partial charge on any atom is -0.459 e. The summed E-state index contributed by atoms with van der Waals surface area (Å²) in [5.74, 6) is -0.292. The van der Waals surface area contributed by atoms with Crippen LogP contribution in [-0.2, 0) is 9.47 Å². The van der Waals surface area contributed by atoms with Crippen LogP contribution >= 0.6 is 0 Å². The summed E-state index contributed by atoms with van der Waals surface area (Å²) in [7, 11) is 1.55. The second kappa shape index (κ2) is 7.52. The quantitative estimate of drug-likeness (QED) is 0.414. The van der Waals surface area contributed by atoms with Crippen molar-refractivity contribution >= 4 is 34.0 Å². The van der Waals surface area contributed by atoms with Gasteiger partial charge in [0.15, 0.2) is 5.65 Å². The van der Waals surface area contributed by atoms with Crippen molar-refractivity contribution < 1.29 is 14.3 Å². The standard InChI is InChI=1S/C22H22N4O3/c1-13-10-14(2)12-15(11-13)26-20(23)18(22(27)29-9-8-28-3)19-21(26)25-17-7-5-4-6-16(17)24-19/h4-7,10-12H,8-9,23H2,1-3H3. The van der Waals surface area contributed by atoms with E-state index in [4.69, 9.17) is 20.2 Å². The second-order valence-corrected chi connectivity index (χ2v) is 6.95. The van der Waals surface area contributed by atoms with Crippen molar-refractivity contribution in [3.8, 4) is 5.69 Å². The highest BCUT2D eigenvalue weighted by molar-refractivity contribution is 6.09. The first kappa shape index (κ1) is 18.9. The molecular formula is C22H22N4O3. The first-order valence-electron chi connectivity index (χ1n) is 9.31. The SMILES string of the molecule is COCCOC(=O)c1c(N)n(-c2cc(C)cc(C)c2)c2nc3ccccc3nc12. The van der Waals surface area contributed by atoms with Gasteiger partial charge in [-0.05, 0) is 49.2 Å². The number of anilines is 1. The van der Waals surface area contributed by atoms with E-state index in [1.807, 2.05) is 50.2 Å². The number of para-hydroxylation sites is 2. The average Bonchev–Trinajstić information content (AvgIpc) is 2.96. The number of nitrogens with zero attached hydrogens (tertiary/aromatic N) is 3. The number of methoxy groups -OCH3 is 1. The molecule has 0 saturated carbocycles. The fourth-order valence-electron chi connectivity index (χ4n) is 3.49. The molecule has 2 N–H and O–H groups in total. The number of carbonyl (C=O) groups is 1. The molecule has 0 spiro atoms. The topological polar surface area (TPSA) is 92.3 Å². The van der Waals surface area contributed by atoms with E-state index in [1.54, 1.807) is 11.7 Å². The van der Waals surface area contributed by atoms with Gasteiger partial charge in [0.1, 0.15) is 23.5 Å². The Morgan fingerprint density at radius 1 is 1.03 bits per heavy atom. The molecule has 0 saturated heterocycles. The van der Waals surface area contributed by atoms with Crippen molar-refractivity contribution in [1.82, 2.24) is 14.5 Å². The molecular weight excluding hydrogens is 368 g/mol. The summed E-state index contributed by atoms with van der Waals surface area (Å²) in [6.07, 6.45) is 0. The summed E-state index contributed by atoms with van der Waals surface area (Å²) in [5, 5.41) is 0. The van der Waals surface area contributed by atoms with Gasteiger partial charge in [-0.2, -0.15) is 0 Å². The predicted molar refractivity (Wildman–Crippen MR) is 112 cm³/mol. The van der Waals surface area contributed by atoms with E-state index < -0.39 is 5.97 Å². The van der Waals surface area contributed by atoms with Crippen LogP contribution in [0.4, 0.5) is 5.82 Å². The van der Waals surface area contributed by atoms with Crippen LogP contribution in [0.5, 0.6) is 0 Å². The number of aryl methyl sites for hydroxylation is 2. The van der Waals surface area contributed by atoms with Gasteiger partial charge in [-0.15, -0.1) is 0 Å². The van der Waals surface area contributed by atoms with E-state index in [1.165, 1.54) is 0 Å². The number of rotatable bonds is 5. The van der Waals surface area contributed by atoms with Gasteiger partial charge in [0.05, 0.1) is 17.6 Å². The zero-order valence-corrected chi connectivity index (χ0v) is 16.6. The Balaban J connectivity index is 2.00. The van der Waals surface area contributed by atoms with Crippen LogP contribution in [0.2, 0.25) is 0 Å². The van der Waals surface area contributed by atoms with Gasteiger partial charge in [-0.25, -0.2) is 14.8 Å². The van der Waals surface area contributed by atoms with Crippen molar-refractivity contribution in [2.24, 2.45) is 0 Å². The summed E-state index contributed by atoms with van der Waals surface area (Å²) >= 11 is 0. The second-order valence-electron chi connectivity index (χ2n) is 6.95. The summed E-state index contributed by atoms with van der Waals surface area (Å²) in [6.45, 7) is 4.46. The highest BCUT2D eigenvalue weighted by Crippen LogP contribution is 2.32. The molecule has 7 nitrogen and oxygen atoms in total. The van der Waals surface area contributed by atoms with Crippen LogP contribution in [-0.4, -0.2) is 40.8 Å². The Labute approximate surface area is 168 Å². The maximum atomic E-state index is 12.8. The number of hydrogen-bond acceptors (Lipinski definition) is 6. The lowest BCUT2D eigenvalue weighted by atomic mass is 10.1. The fourth-order valence-corrected chi connectivity index (χ4v) is 3.49. The van der Waals surface area contributed by atoms with Gasteiger partial charge >= 0.3 is 5.97 Å². The zero-order valence-electron chi connectivity index (χ0n) is 16.6. The van der Waals surface area contributed by atoms with Gasteiger partial charge in [0, 0.05) is 12.8 Å². The third-order valence-corrected chi connectivity index (χ3v) is 4.69. The molecule has 4 aromatic rings. The molecule has 7 heteroatoms. The number of aromatic nitrogens is 3. The molecule has 29 heavy (non-hydrogen) atoms. The highest BCUT2D eigenvalue weighted by Gasteiger charge is 2.26. The van der Waals surface area contributed by atoms with E-state index in [9.17, 15) is 4.79 Å². The van der Waals surface area contributed by atoms with E-state index in [0.717, 1.165) is 22.3 Å². The maximum Gasteiger partial charge on any atom is 0.344 e. The molecule has 148 valence electrons. The average molecular weight is 390 g/mol. The summed E-state index contributed by atoms with van der Waals surface area (Å²) in [6, 6.07) is 13.6. The Hall–Kier alpha value is -3.45. The number of nitrogen functional groups attached to an aromatic ring is 1. The van der Waals surface area contributed by atoms with E-state index in [-0.39, 0.29) is 18.0 Å². The number of benzene rings is 2. The van der Waals surface area contributed by atoms with Crippen LogP contribution < -0.4 is 5.73 Å². The predicted octanol–water partition coefficient (Wildman–Crippen LogP) is 3.58. The van der Waals surface area contributed by atoms with Gasteiger partial charge in [0.25, 0.3) is 0 Å². The van der Waals surface area contributed by atoms with Gasteiger partial charge in [0.2, 0.25) is 0 Å². The van der Waals surface area contributed by atoms with Crippen molar-refractivity contribution in [3.05, 3.63) is 59.2 Å². The number of esters is 1. The van der Waals surface area contributed by atoms with Crippen LogP contribution in [0.3, 0.4) is 0 Å². The molecule has 0 aliphatic heterocycles. The molecule has 0 aliphatic carbocycles. The first-order valence-corrected chi connectivity index (χ1v) is 9.31. The van der Waals surface area contributed by atoms with Gasteiger partial charge < -0.3 is 15.2 Å². The summed E-state index contributed by atoms with van der Waals surface area (Å²) < 4.78 is 12.1. The molecule has 4 rings (SSSR count). The van der Waals surface area contributed by atoms with Crippen LogP contribution in [0.1, 0.15) is 21.5 Å². The Kier molecular flexibility index (Phi) is 4.90. The van der Waals surface area contributed by atoms with Gasteiger partial charge in [-0.3, -0.25) is 4.57 Å². The minimum absolute atomic E-state index is 0.131.